The molecule has 0 aromatic heterocycles. The van der Waals surface area contributed by atoms with Crippen molar-refractivity contribution in [3.8, 4) is 11.5 Å². The first-order valence-corrected chi connectivity index (χ1v) is 10.3. The molecule has 0 heterocycles. The molecule has 3 aromatic carbocycles. The maximum atomic E-state index is 6.04. The van der Waals surface area contributed by atoms with Crippen LogP contribution >= 0.6 is 24.0 Å². The van der Waals surface area contributed by atoms with Crippen LogP contribution in [0.1, 0.15) is 30.0 Å². The maximum absolute atomic E-state index is 6.04. The van der Waals surface area contributed by atoms with Crippen LogP contribution in [0.3, 0.4) is 0 Å². The summed E-state index contributed by atoms with van der Waals surface area (Å²) in [5.41, 5.74) is 3.57. The zero-order valence-corrected chi connectivity index (χ0v) is 19.0. The van der Waals surface area contributed by atoms with Gasteiger partial charge in [-0.1, -0.05) is 60.1 Å². The van der Waals surface area contributed by atoms with Crippen LogP contribution in [0, 0.1) is 0 Å². The van der Waals surface area contributed by atoms with Gasteiger partial charge in [0.1, 0.15) is 6.61 Å². The number of methoxy groups -OCH3 is 1. The van der Waals surface area contributed by atoms with Crippen LogP contribution in [0.5, 0.6) is 11.5 Å². The van der Waals surface area contributed by atoms with Crippen LogP contribution in [0.25, 0.3) is 0 Å². The lowest BCUT2D eigenvalue weighted by Crippen LogP contribution is -2.26. The van der Waals surface area contributed by atoms with E-state index in [1.54, 1.807) is 7.11 Å². The Hall–Kier alpha value is -2.20. The van der Waals surface area contributed by atoms with Gasteiger partial charge in [-0.2, -0.15) is 0 Å². The molecule has 0 saturated heterocycles. The van der Waals surface area contributed by atoms with Crippen LogP contribution in [0.4, 0.5) is 0 Å². The van der Waals surface area contributed by atoms with E-state index in [-0.39, 0.29) is 12.4 Å². The summed E-state index contributed by atoms with van der Waals surface area (Å²) in [5, 5.41) is 4.30. The quantitative estimate of drug-likeness (QED) is 0.388. The Labute approximate surface area is 190 Å². The molecule has 0 amide bonds. The fraction of sp³-hybridized carbons (Fsp3) is 0.280. The van der Waals surface area contributed by atoms with Gasteiger partial charge in [-0.3, -0.25) is 0 Å². The van der Waals surface area contributed by atoms with Crippen LogP contribution in [0.2, 0.25) is 5.02 Å². The Morgan fingerprint density at radius 1 is 0.867 bits per heavy atom. The third kappa shape index (κ3) is 7.56. The van der Waals surface area contributed by atoms with E-state index in [1.807, 2.05) is 36.4 Å². The number of nitrogens with one attached hydrogen (secondary N) is 1. The van der Waals surface area contributed by atoms with Crippen LogP contribution in [-0.2, 0) is 19.6 Å². The molecule has 5 heteroatoms. The monoisotopic (exact) mass is 445 g/mol. The highest BCUT2D eigenvalue weighted by atomic mass is 35.5. The lowest BCUT2D eigenvalue weighted by Gasteiger charge is -2.16. The molecule has 0 bridgehead atoms. The SMILES string of the molecule is COc1cc(CNC(C)CCc2ccccc2)ccc1OCc1cccc(Cl)c1.Cl. The van der Waals surface area contributed by atoms with Crippen molar-refractivity contribution in [3.05, 3.63) is 94.5 Å². The highest BCUT2D eigenvalue weighted by Gasteiger charge is 2.08. The largest absolute Gasteiger partial charge is 0.493 e. The van der Waals surface area contributed by atoms with E-state index in [2.05, 4.69) is 48.6 Å². The Morgan fingerprint density at radius 3 is 2.37 bits per heavy atom. The fourth-order valence-corrected chi connectivity index (χ4v) is 3.36. The van der Waals surface area contributed by atoms with Gasteiger partial charge >= 0.3 is 0 Å². The molecular weight excluding hydrogens is 417 g/mol. The van der Waals surface area contributed by atoms with Gasteiger partial charge in [0, 0.05) is 17.6 Å². The Morgan fingerprint density at radius 2 is 1.63 bits per heavy atom. The van der Waals surface area contributed by atoms with Gasteiger partial charge in [-0.25, -0.2) is 0 Å². The van der Waals surface area contributed by atoms with Crippen molar-refractivity contribution in [1.29, 1.82) is 0 Å². The fourth-order valence-electron chi connectivity index (χ4n) is 3.15. The summed E-state index contributed by atoms with van der Waals surface area (Å²) in [6, 6.07) is 24.8. The number of halogens is 2. The average Bonchev–Trinajstić information content (AvgIpc) is 2.75. The van der Waals surface area contributed by atoms with E-state index < -0.39 is 0 Å². The molecule has 0 radical (unpaired) electrons. The van der Waals surface area contributed by atoms with E-state index in [1.165, 1.54) is 11.1 Å². The predicted molar refractivity (Wildman–Crippen MR) is 127 cm³/mol. The van der Waals surface area contributed by atoms with Crippen molar-refractivity contribution in [1.82, 2.24) is 5.32 Å². The summed E-state index contributed by atoms with van der Waals surface area (Å²) in [6.07, 6.45) is 2.18. The van der Waals surface area contributed by atoms with Crippen LogP contribution in [-0.4, -0.2) is 13.2 Å². The molecule has 1 N–H and O–H groups in total. The molecule has 3 aromatic rings. The van der Waals surface area contributed by atoms with Gasteiger partial charge in [-0.05, 0) is 60.7 Å². The lowest BCUT2D eigenvalue weighted by atomic mass is 10.1. The molecular formula is C25H29Cl2NO2. The standard InChI is InChI=1S/C25H28ClNO2.ClH/c1-19(11-12-20-7-4-3-5-8-20)27-17-21-13-14-24(25(16-21)28-2)29-18-22-9-6-10-23(26)15-22;/h3-10,13-16,19,27H,11-12,17-18H2,1-2H3;1H. The second-order valence-electron chi connectivity index (χ2n) is 7.21. The molecule has 160 valence electrons. The molecule has 0 aliphatic heterocycles. The number of benzene rings is 3. The average molecular weight is 446 g/mol. The smallest absolute Gasteiger partial charge is 0.161 e. The van der Waals surface area contributed by atoms with E-state index in [9.17, 15) is 0 Å². The van der Waals surface area contributed by atoms with E-state index in [4.69, 9.17) is 21.1 Å². The topological polar surface area (TPSA) is 30.5 Å². The summed E-state index contributed by atoms with van der Waals surface area (Å²) in [4.78, 5) is 0. The van der Waals surface area contributed by atoms with Crippen LogP contribution in [0.15, 0.2) is 72.8 Å². The zero-order valence-electron chi connectivity index (χ0n) is 17.4. The van der Waals surface area contributed by atoms with E-state index >= 15 is 0 Å². The summed E-state index contributed by atoms with van der Waals surface area (Å²) >= 11 is 6.04. The second-order valence-corrected chi connectivity index (χ2v) is 7.65. The Balaban J connectivity index is 0.00000320. The van der Waals surface area contributed by atoms with Gasteiger partial charge in [0.05, 0.1) is 7.11 Å². The summed E-state index contributed by atoms with van der Waals surface area (Å²) in [5.74, 6) is 1.47. The van der Waals surface area contributed by atoms with E-state index in [0.717, 1.165) is 36.4 Å². The lowest BCUT2D eigenvalue weighted by molar-refractivity contribution is 0.284. The molecule has 0 aliphatic carbocycles. The summed E-state index contributed by atoms with van der Waals surface area (Å²) < 4.78 is 11.5. The van der Waals surface area contributed by atoms with Crippen molar-refractivity contribution in [3.63, 3.8) is 0 Å². The normalized spacial score (nSPS) is 11.4. The molecule has 3 rings (SSSR count). The first-order valence-electron chi connectivity index (χ1n) is 9.95. The molecule has 0 spiro atoms. The minimum Gasteiger partial charge on any atom is -0.493 e. The third-order valence-corrected chi connectivity index (χ3v) is 5.11. The minimum absolute atomic E-state index is 0. The number of hydrogen-bond donors (Lipinski definition) is 1. The van der Waals surface area contributed by atoms with Crippen molar-refractivity contribution < 1.29 is 9.47 Å². The first kappa shape index (κ1) is 24.1. The van der Waals surface area contributed by atoms with Gasteiger partial charge in [0.15, 0.2) is 11.5 Å². The number of hydrogen-bond acceptors (Lipinski definition) is 3. The maximum Gasteiger partial charge on any atom is 0.161 e. The first-order chi connectivity index (χ1) is 14.1. The third-order valence-electron chi connectivity index (χ3n) is 4.87. The van der Waals surface area contributed by atoms with Crippen LogP contribution < -0.4 is 14.8 Å². The summed E-state index contributed by atoms with van der Waals surface area (Å²) in [6.45, 7) is 3.47. The zero-order chi connectivity index (χ0) is 20.5. The number of ether oxygens (including phenoxy) is 2. The van der Waals surface area contributed by atoms with Gasteiger partial charge < -0.3 is 14.8 Å². The molecule has 0 aliphatic rings. The Kier molecular flexibility index (Phi) is 10.0. The van der Waals surface area contributed by atoms with Gasteiger partial charge in [0.2, 0.25) is 0 Å². The highest BCUT2D eigenvalue weighted by Crippen LogP contribution is 2.29. The summed E-state index contributed by atoms with van der Waals surface area (Å²) in [7, 11) is 1.67. The second kappa shape index (κ2) is 12.5. The minimum atomic E-state index is 0. The molecule has 0 fully saturated rings. The molecule has 0 saturated carbocycles. The van der Waals surface area contributed by atoms with Crippen molar-refractivity contribution in [2.45, 2.75) is 39.0 Å². The number of aryl methyl sites for hydroxylation is 1. The van der Waals surface area contributed by atoms with Crippen molar-refractivity contribution >= 4 is 24.0 Å². The van der Waals surface area contributed by atoms with E-state index in [0.29, 0.717) is 17.7 Å². The van der Waals surface area contributed by atoms with Gasteiger partial charge in [0.25, 0.3) is 0 Å². The molecule has 1 unspecified atom stereocenters. The van der Waals surface area contributed by atoms with Crippen molar-refractivity contribution in [2.75, 3.05) is 7.11 Å². The highest BCUT2D eigenvalue weighted by molar-refractivity contribution is 6.30. The Bertz CT molecular complexity index is 903. The molecule has 1 atom stereocenters. The van der Waals surface area contributed by atoms with Crippen molar-refractivity contribution in [2.24, 2.45) is 0 Å². The molecule has 30 heavy (non-hydrogen) atoms. The number of rotatable bonds is 10. The molecule has 3 nitrogen and oxygen atoms in total. The van der Waals surface area contributed by atoms with Gasteiger partial charge in [-0.15, -0.1) is 12.4 Å². The predicted octanol–water partition coefficient (Wildman–Crippen LogP) is 6.46.